The van der Waals surface area contributed by atoms with Gasteiger partial charge in [0.1, 0.15) is 12.7 Å². The zero-order valence-electron chi connectivity index (χ0n) is 15.2. The molecule has 1 unspecified atom stereocenters. The van der Waals surface area contributed by atoms with Gasteiger partial charge in [-0.15, -0.1) is 34.2 Å². The van der Waals surface area contributed by atoms with Gasteiger partial charge in [0.15, 0.2) is 5.96 Å². The Hall–Kier alpha value is -1.68. The van der Waals surface area contributed by atoms with E-state index in [4.69, 9.17) is 0 Å². The zero-order valence-corrected chi connectivity index (χ0v) is 17.5. The number of halogens is 1. The van der Waals surface area contributed by atoms with Crippen LogP contribution in [-0.4, -0.2) is 45.5 Å². The van der Waals surface area contributed by atoms with E-state index in [1.807, 2.05) is 41.8 Å². The van der Waals surface area contributed by atoms with Crippen molar-refractivity contribution in [2.45, 2.75) is 38.8 Å². The van der Waals surface area contributed by atoms with Gasteiger partial charge in [0.25, 0.3) is 0 Å². The number of hydrogen-bond acceptors (Lipinski definition) is 4. The molecule has 2 rings (SSSR count). The number of benzene rings is 1. The highest BCUT2D eigenvalue weighted by Gasteiger charge is 2.06. The summed E-state index contributed by atoms with van der Waals surface area (Å²) in [6, 6.07) is 9.72. The molecule has 2 aromatic rings. The van der Waals surface area contributed by atoms with E-state index in [2.05, 4.69) is 25.8 Å². The van der Waals surface area contributed by atoms with Crippen molar-refractivity contribution in [3.63, 3.8) is 0 Å². The van der Waals surface area contributed by atoms with Gasteiger partial charge in [0, 0.05) is 26.2 Å². The zero-order chi connectivity index (χ0) is 17.7. The van der Waals surface area contributed by atoms with E-state index in [9.17, 15) is 5.11 Å². The molecule has 3 N–H and O–H groups in total. The highest BCUT2D eigenvalue weighted by atomic mass is 127. The summed E-state index contributed by atoms with van der Waals surface area (Å²) in [4.78, 5) is 4.57. The number of aliphatic imine (C=N–C) groups is 1. The Morgan fingerprint density at radius 3 is 2.58 bits per heavy atom. The van der Waals surface area contributed by atoms with Crippen LogP contribution in [0.5, 0.6) is 0 Å². The largest absolute Gasteiger partial charge is 0.388 e. The van der Waals surface area contributed by atoms with Crippen LogP contribution in [0.2, 0.25) is 0 Å². The van der Waals surface area contributed by atoms with Gasteiger partial charge in [-0.1, -0.05) is 30.3 Å². The van der Waals surface area contributed by atoms with E-state index in [1.165, 1.54) is 0 Å². The Balaban J connectivity index is 0.00000338. The maximum Gasteiger partial charge on any atom is 0.191 e. The summed E-state index contributed by atoms with van der Waals surface area (Å²) < 4.78 is 1.97. The third-order valence-corrected chi connectivity index (χ3v) is 3.80. The van der Waals surface area contributed by atoms with Crippen molar-refractivity contribution >= 4 is 29.9 Å². The Labute approximate surface area is 172 Å². The normalized spacial score (nSPS) is 12.3. The first-order chi connectivity index (χ1) is 12.3. The molecular weight excluding hydrogens is 443 g/mol. The molecule has 1 atom stereocenters. The van der Waals surface area contributed by atoms with Crippen molar-refractivity contribution < 1.29 is 5.11 Å². The minimum Gasteiger partial charge on any atom is -0.388 e. The van der Waals surface area contributed by atoms with Crippen molar-refractivity contribution in [3.05, 3.63) is 48.5 Å². The second-order valence-electron chi connectivity index (χ2n) is 5.81. The first-order valence-corrected chi connectivity index (χ1v) is 8.87. The Morgan fingerprint density at radius 2 is 1.88 bits per heavy atom. The monoisotopic (exact) mass is 472 g/mol. The molecule has 0 aliphatic carbocycles. The van der Waals surface area contributed by atoms with Crippen LogP contribution in [0.3, 0.4) is 0 Å². The molecular formula is C18H29IN6O. The van der Waals surface area contributed by atoms with E-state index >= 15 is 0 Å². The summed E-state index contributed by atoms with van der Waals surface area (Å²) in [6.45, 7) is 5.20. The van der Waals surface area contributed by atoms with E-state index in [0.717, 1.165) is 44.0 Å². The standard InChI is InChI=1S/C18H28N6O.HI/c1-2-19-18(20-11-6-7-13-24-14-22-23-15-24)21-12-10-17(25)16-8-4-3-5-9-16;/h3-5,8-9,14-15,17,25H,2,6-7,10-13H2,1H3,(H2,19,20,21);1H. The molecule has 0 saturated carbocycles. The van der Waals surface area contributed by atoms with Gasteiger partial charge in [-0.2, -0.15) is 0 Å². The first kappa shape index (κ1) is 22.4. The number of guanidine groups is 1. The minimum absolute atomic E-state index is 0. The van der Waals surface area contributed by atoms with Gasteiger partial charge < -0.3 is 20.3 Å². The van der Waals surface area contributed by atoms with Crippen molar-refractivity contribution in [1.82, 2.24) is 25.4 Å². The minimum atomic E-state index is -0.458. The van der Waals surface area contributed by atoms with Crippen LogP contribution >= 0.6 is 24.0 Å². The lowest BCUT2D eigenvalue weighted by atomic mass is 10.1. The predicted molar refractivity (Wildman–Crippen MR) is 115 cm³/mol. The van der Waals surface area contributed by atoms with Gasteiger partial charge in [-0.25, -0.2) is 0 Å². The quantitative estimate of drug-likeness (QED) is 0.214. The average molecular weight is 472 g/mol. The number of unbranched alkanes of at least 4 members (excludes halogenated alkanes) is 1. The van der Waals surface area contributed by atoms with Crippen LogP contribution in [0.15, 0.2) is 48.0 Å². The average Bonchev–Trinajstić information content (AvgIpc) is 3.15. The molecule has 7 nitrogen and oxygen atoms in total. The van der Waals surface area contributed by atoms with Crippen LogP contribution in [0.4, 0.5) is 0 Å². The van der Waals surface area contributed by atoms with Crippen LogP contribution in [0, 0.1) is 0 Å². The number of aromatic nitrogens is 3. The molecule has 0 aliphatic rings. The molecule has 26 heavy (non-hydrogen) atoms. The number of nitrogens with zero attached hydrogens (tertiary/aromatic N) is 4. The molecule has 1 aromatic carbocycles. The molecule has 144 valence electrons. The van der Waals surface area contributed by atoms with Gasteiger partial charge >= 0.3 is 0 Å². The molecule has 0 radical (unpaired) electrons. The summed E-state index contributed by atoms with van der Waals surface area (Å²) in [7, 11) is 0. The molecule has 8 heteroatoms. The highest BCUT2D eigenvalue weighted by molar-refractivity contribution is 14.0. The van der Waals surface area contributed by atoms with E-state index in [0.29, 0.717) is 13.0 Å². The second kappa shape index (κ2) is 13.5. The number of aryl methyl sites for hydroxylation is 1. The summed E-state index contributed by atoms with van der Waals surface area (Å²) in [5.74, 6) is 0.798. The van der Waals surface area contributed by atoms with Crippen LogP contribution in [0.25, 0.3) is 0 Å². The molecule has 0 spiro atoms. The second-order valence-corrected chi connectivity index (χ2v) is 5.81. The lowest BCUT2D eigenvalue weighted by Crippen LogP contribution is -2.38. The maximum absolute atomic E-state index is 10.2. The summed E-state index contributed by atoms with van der Waals surface area (Å²) in [5.41, 5.74) is 0.945. The predicted octanol–water partition coefficient (Wildman–Crippen LogP) is 2.36. The number of aliphatic hydroxyl groups excluding tert-OH is 1. The van der Waals surface area contributed by atoms with Crippen molar-refractivity contribution in [3.8, 4) is 0 Å². The SMILES string of the molecule is CCNC(=NCCCCn1cnnc1)NCCC(O)c1ccccc1.I. The first-order valence-electron chi connectivity index (χ1n) is 8.87. The lowest BCUT2D eigenvalue weighted by molar-refractivity contribution is 0.168. The van der Waals surface area contributed by atoms with Crippen molar-refractivity contribution in [1.29, 1.82) is 0 Å². The number of aliphatic hydroxyl groups is 1. The Morgan fingerprint density at radius 1 is 1.15 bits per heavy atom. The maximum atomic E-state index is 10.2. The molecule has 1 heterocycles. The van der Waals surface area contributed by atoms with E-state index in [-0.39, 0.29) is 24.0 Å². The smallest absolute Gasteiger partial charge is 0.191 e. The van der Waals surface area contributed by atoms with Gasteiger partial charge in [-0.3, -0.25) is 4.99 Å². The third-order valence-electron chi connectivity index (χ3n) is 3.80. The third kappa shape index (κ3) is 8.61. The highest BCUT2D eigenvalue weighted by Crippen LogP contribution is 2.14. The fourth-order valence-corrected chi connectivity index (χ4v) is 2.45. The Bertz CT molecular complexity index is 605. The Kier molecular flexibility index (Phi) is 11.6. The fourth-order valence-electron chi connectivity index (χ4n) is 2.45. The summed E-state index contributed by atoms with van der Waals surface area (Å²) in [6.07, 6.45) is 5.68. The molecule has 0 saturated heterocycles. The number of hydrogen-bond donors (Lipinski definition) is 3. The number of nitrogens with one attached hydrogen (secondary N) is 2. The summed E-state index contributed by atoms with van der Waals surface area (Å²) >= 11 is 0. The van der Waals surface area contributed by atoms with Crippen molar-refractivity contribution in [2.24, 2.45) is 4.99 Å². The number of rotatable bonds is 10. The lowest BCUT2D eigenvalue weighted by Gasteiger charge is -2.14. The molecule has 0 amide bonds. The molecule has 1 aromatic heterocycles. The van der Waals surface area contributed by atoms with Crippen molar-refractivity contribution in [2.75, 3.05) is 19.6 Å². The topological polar surface area (TPSA) is 87.4 Å². The van der Waals surface area contributed by atoms with Crippen LogP contribution < -0.4 is 10.6 Å². The van der Waals surface area contributed by atoms with E-state index in [1.54, 1.807) is 12.7 Å². The van der Waals surface area contributed by atoms with Gasteiger partial charge in [-0.05, 0) is 31.7 Å². The van der Waals surface area contributed by atoms with Crippen LogP contribution in [0.1, 0.15) is 37.9 Å². The van der Waals surface area contributed by atoms with Crippen LogP contribution in [-0.2, 0) is 6.54 Å². The van der Waals surface area contributed by atoms with Gasteiger partial charge in [0.05, 0.1) is 6.10 Å². The molecule has 0 fully saturated rings. The molecule has 0 aliphatic heterocycles. The fraction of sp³-hybridized carbons (Fsp3) is 0.500. The molecule has 0 bridgehead atoms. The van der Waals surface area contributed by atoms with E-state index < -0.39 is 6.10 Å². The van der Waals surface area contributed by atoms with Gasteiger partial charge in [0.2, 0.25) is 0 Å². The summed E-state index contributed by atoms with van der Waals surface area (Å²) in [5, 5.41) is 24.3.